The first kappa shape index (κ1) is 14.7. The van der Waals surface area contributed by atoms with Crippen molar-refractivity contribution in [1.82, 2.24) is 15.8 Å². The normalized spacial score (nSPS) is 11.9. The topological polar surface area (TPSA) is 71.1 Å². The van der Waals surface area contributed by atoms with Gasteiger partial charge in [0, 0.05) is 18.0 Å². The molecule has 1 rings (SSSR count). The lowest BCUT2D eigenvalue weighted by Crippen LogP contribution is -2.37. The third-order valence-electron chi connectivity index (χ3n) is 1.90. The molecule has 1 aromatic rings. The van der Waals surface area contributed by atoms with Crippen LogP contribution < -0.4 is 10.9 Å². The molecule has 19 heavy (non-hydrogen) atoms. The molecule has 0 unspecified atom stereocenters. The monoisotopic (exact) mass is 273 g/mol. The standard InChI is InChI=1S/C11H10F3N3O2/c1-7(6-9(18)11(12,13)14)16-17-10(19)8-4-2-3-5-15-8/h2-6,16H,1H3,(H,17,19)/b7-6+. The molecule has 102 valence electrons. The van der Waals surface area contributed by atoms with Crippen LogP contribution in [0.15, 0.2) is 36.2 Å². The molecule has 0 fully saturated rings. The zero-order valence-corrected chi connectivity index (χ0v) is 9.78. The minimum Gasteiger partial charge on any atom is -0.303 e. The molecule has 2 N–H and O–H groups in total. The molecular formula is C11H10F3N3O2. The molecule has 0 spiro atoms. The molecule has 0 aliphatic carbocycles. The Morgan fingerprint density at radius 2 is 1.95 bits per heavy atom. The summed E-state index contributed by atoms with van der Waals surface area (Å²) >= 11 is 0. The van der Waals surface area contributed by atoms with Gasteiger partial charge in [-0.25, -0.2) is 0 Å². The summed E-state index contributed by atoms with van der Waals surface area (Å²) in [4.78, 5) is 25.8. The molecule has 0 aromatic carbocycles. The van der Waals surface area contributed by atoms with Gasteiger partial charge >= 0.3 is 6.18 Å². The van der Waals surface area contributed by atoms with Crippen LogP contribution in [0.1, 0.15) is 17.4 Å². The van der Waals surface area contributed by atoms with E-state index in [-0.39, 0.29) is 11.4 Å². The average molecular weight is 273 g/mol. The Morgan fingerprint density at radius 1 is 1.26 bits per heavy atom. The zero-order valence-electron chi connectivity index (χ0n) is 9.78. The second-order valence-electron chi connectivity index (χ2n) is 3.48. The van der Waals surface area contributed by atoms with Crippen molar-refractivity contribution >= 4 is 11.7 Å². The van der Waals surface area contributed by atoms with Crippen molar-refractivity contribution in [2.24, 2.45) is 0 Å². The highest BCUT2D eigenvalue weighted by atomic mass is 19.4. The van der Waals surface area contributed by atoms with Gasteiger partial charge in [0.1, 0.15) is 5.69 Å². The van der Waals surface area contributed by atoms with Crippen LogP contribution >= 0.6 is 0 Å². The predicted molar refractivity (Wildman–Crippen MR) is 59.7 cm³/mol. The summed E-state index contributed by atoms with van der Waals surface area (Å²) in [5.41, 5.74) is 4.24. The molecule has 0 aliphatic rings. The third-order valence-corrected chi connectivity index (χ3v) is 1.90. The van der Waals surface area contributed by atoms with E-state index < -0.39 is 17.9 Å². The number of hydrogen-bond donors (Lipinski definition) is 2. The van der Waals surface area contributed by atoms with E-state index >= 15 is 0 Å². The molecule has 1 heterocycles. The van der Waals surface area contributed by atoms with Crippen molar-refractivity contribution in [3.63, 3.8) is 0 Å². The molecule has 1 aromatic heterocycles. The third kappa shape index (κ3) is 4.78. The van der Waals surface area contributed by atoms with Gasteiger partial charge in [0.15, 0.2) is 0 Å². The SMILES string of the molecule is C/C(=C\C(=O)C(F)(F)F)NNC(=O)c1ccccn1. The lowest BCUT2D eigenvalue weighted by atomic mass is 10.3. The number of carbonyl (C=O) groups is 2. The van der Waals surface area contributed by atoms with E-state index in [2.05, 4.69) is 15.8 Å². The molecule has 8 heteroatoms. The van der Waals surface area contributed by atoms with Gasteiger partial charge in [-0.2, -0.15) is 13.2 Å². The number of carbonyl (C=O) groups excluding carboxylic acids is 2. The fourth-order valence-corrected chi connectivity index (χ4v) is 1.03. The Kier molecular flexibility index (Phi) is 4.62. The summed E-state index contributed by atoms with van der Waals surface area (Å²) in [7, 11) is 0. The number of hydrogen-bond acceptors (Lipinski definition) is 4. The Balaban J connectivity index is 2.56. The second-order valence-corrected chi connectivity index (χ2v) is 3.48. The van der Waals surface area contributed by atoms with Crippen LogP contribution in [0, 0.1) is 0 Å². The van der Waals surface area contributed by atoms with Crippen LogP contribution in [0.5, 0.6) is 0 Å². The summed E-state index contributed by atoms with van der Waals surface area (Å²) in [6.45, 7) is 1.21. The van der Waals surface area contributed by atoms with Crippen LogP contribution in [0.4, 0.5) is 13.2 Å². The van der Waals surface area contributed by atoms with E-state index in [4.69, 9.17) is 0 Å². The maximum absolute atomic E-state index is 12.0. The summed E-state index contributed by atoms with van der Waals surface area (Å²) in [5, 5.41) is 0. The van der Waals surface area contributed by atoms with Crippen molar-refractivity contribution in [2.75, 3.05) is 0 Å². The van der Waals surface area contributed by atoms with Gasteiger partial charge in [-0.3, -0.25) is 20.0 Å². The van der Waals surface area contributed by atoms with Gasteiger partial charge in [-0.15, -0.1) is 0 Å². The quantitative estimate of drug-likeness (QED) is 0.641. The number of amides is 1. The Bertz CT molecular complexity index is 498. The lowest BCUT2D eigenvalue weighted by molar-refractivity contribution is -0.165. The molecule has 0 aliphatic heterocycles. The minimum absolute atomic E-state index is 0.0879. The number of rotatable bonds is 4. The van der Waals surface area contributed by atoms with E-state index in [1.165, 1.54) is 19.2 Å². The van der Waals surface area contributed by atoms with Gasteiger partial charge in [0.05, 0.1) is 0 Å². The average Bonchev–Trinajstić information content (AvgIpc) is 2.35. The van der Waals surface area contributed by atoms with E-state index in [9.17, 15) is 22.8 Å². The van der Waals surface area contributed by atoms with Crippen LogP contribution in [0.2, 0.25) is 0 Å². The smallest absolute Gasteiger partial charge is 0.303 e. The van der Waals surface area contributed by atoms with Gasteiger partial charge in [0.2, 0.25) is 0 Å². The molecule has 0 saturated heterocycles. The maximum atomic E-state index is 12.0. The Hall–Kier alpha value is -2.38. The molecule has 0 bridgehead atoms. The highest BCUT2D eigenvalue weighted by Crippen LogP contribution is 2.16. The van der Waals surface area contributed by atoms with Gasteiger partial charge < -0.3 is 5.43 Å². The number of nitrogens with one attached hydrogen (secondary N) is 2. The zero-order chi connectivity index (χ0) is 14.5. The Morgan fingerprint density at radius 3 is 2.47 bits per heavy atom. The number of halogens is 3. The number of alkyl halides is 3. The van der Waals surface area contributed by atoms with E-state index in [1.807, 2.05) is 0 Å². The van der Waals surface area contributed by atoms with Gasteiger partial charge in [0.25, 0.3) is 11.7 Å². The van der Waals surface area contributed by atoms with Gasteiger partial charge in [-0.1, -0.05) is 6.07 Å². The molecule has 1 amide bonds. The molecule has 0 radical (unpaired) electrons. The summed E-state index contributed by atoms with van der Waals surface area (Å²) in [5.74, 6) is -2.64. The van der Waals surface area contributed by atoms with E-state index in [1.54, 1.807) is 12.1 Å². The van der Waals surface area contributed by atoms with Crippen LogP contribution in [0.3, 0.4) is 0 Å². The van der Waals surface area contributed by atoms with Crippen molar-refractivity contribution in [3.05, 3.63) is 41.9 Å². The number of hydrazine groups is 1. The first-order valence-electron chi connectivity index (χ1n) is 5.07. The van der Waals surface area contributed by atoms with Crippen molar-refractivity contribution < 1.29 is 22.8 Å². The fourth-order valence-electron chi connectivity index (χ4n) is 1.03. The number of pyridine rings is 1. The number of nitrogens with zero attached hydrogens (tertiary/aromatic N) is 1. The lowest BCUT2D eigenvalue weighted by Gasteiger charge is -2.08. The fraction of sp³-hybridized carbons (Fsp3) is 0.182. The van der Waals surface area contributed by atoms with E-state index in [0.29, 0.717) is 6.08 Å². The highest BCUT2D eigenvalue weighted by Gasteiger charge is 2.36. The van der Waals surface area contributed by atoms with E-state index in [0.717, 1.165) is 0 Å². The Labute approximate surface area is 106 Å². The van der Waals surface area contributed by atoms with Crippen LogP contribution in [-0.2, 0) is 4.79 Å². The molecule has 0 saturated carbocycles. The minimum atomic E-state index is -4.94. The second kappa shape index (κ2) is 5.98. The largest absolute Gasteiger partial charge is 0.454 e. The summed E-state index contributed by atoms with van der Waals surface area (Å²) < 4.78 is 35.9. The first-order chi connectivity index (χ1) is 8.80. The van der Waals surface area contributed by atoms with Crippen molar-refractivity contribution in [2.45, 2.75) is 13.1 Å². The number of allylic oxidation sites excluding steroid dienone is 2. The number of ketones is 1. The summed E-state index contributed by atoms with van der Waals surface area (Å²) in [6, 6.07) is 4.62. The van der Waals surface area contributed by atoms with Crippen LogP contribution in [0.25, 0.3) is 0 Å². The van der Waals surface area contributed by atoms with Crippen molar-refractivity contribution in [3.8, 4) is 0 Å². The van der Waals surface area contributed by atoms with Crippen molar-refractivity contribution in [1.29, 1.82) is 0 Å². The molecular weight excluding hydrogens is 263 g/mol. The predicted octanol–water partition coefficient (Wildman–Crippen LogP) is 1.35. The molecule has 0 atom stereocenters. The molecule has 5 nitrogen and oxygen atoms in total. The first-order valence-corrected chi connectivity index (χ1v) is 5.07. The summed E-state index contributed by atoms with van der Waals surface area (Å²) in [6.07, 6.45) is -3.20. The van der Waals surface area contributed by atoms with Crippen LogP contribution in [-0.4, -0.2) is 22.9 Å². The maximum Gasteiger partial charge on any atom is 0.454 e. The number of aromatic nitrogens is 1. The highest BCUT2D eigenvalue weighted by molar-refractivity contribution is 5.95. The van der Waals surface area contributed by atoms with Gasteiger partial charge in [-0.05, 0) is 19.1 Å².